The van der Waals surface area contributed by atoms with Crippen LogP contribution in [0.25, 0.3) is 0 Å². The summed E-state index contributed by atoms with van der Waals surface area (Å²) in [6, 6.07) is 11.6. The summed E-state index contributed by atoms with van der Waals surface area (Å²) in [5.74, 6) is 0. The van der Waals surface area contributed by atoms with Crippen LogP contribution in [0.4, 0.5) is 0 Å². The Kier molecular flexibility index (Phi) is 7.16. The molecule has 0 radical (unpaired) electrons. The Morgan fingerprint density at radius 3 is 2.81 bits per heavy atom. The summed E-state index contributed by atoms with van der Waals surface area (Å²) in [5, 5.41) is 13.8. The first kappa shape index (κ1) is 16.9. The van der Waals surface area contributed by atoms with Crippen LogP contribution in [0.2, 0.25) is 5.02 Å². The number of benzene rings is 1. The quantitative estimate of drug-likeness (QED) is 0.720. The second-order valence-electron chi connectivity index (χ2n) is 4.60. The fraction of sp³-hybridized carbons (Fsp3) is 0.333. The van der Waals surface area contributed by atoms with Crippen molar-refractivity contribution in [3.63, 3.8) is 0 Å². The van der Waals surface area contributed by atoms with Crippen molar-refractivity contribution in [1.82, 2.24) is 5.32 Å². The summed E-state index contributed by atoms with van der Waals surface area (Å²) in [4.78, 5) is 1.23. The zero-order chi connectivity index (χ0) is 15.1. The van der Waals surface area contributed by atoms with E-state index in [0.717, 1.165) is 15.9 Å². The van der Waals surface area contributed by atoms with Gasteiger partial charge in [0, 0.05) is 23.0 Å². The third kappa shape index (κ3) is 6.06. The van der Waals surface area contributed by atoms with E-state index in [2.05, 4.69) is 27.3 Å². The molecule has 0 bridgehead atoms. The number of hydrogen-bond acceptors (Lipinski definition) is 4. The van der Waals surface area contributed by atoms with Gasteiger partial charge in [0.05, 0.1) is 23.1 Å². The third-order valence-corrected chi connectivity index (χ3v) is 4.83. The van der Waals surface area contributed by atoms with Gasteiger partial charge in [0.25, 0.3) is 0 Å². The van der Waals surface area contributed by atoms with Gasteiger partial charge in [-0.3, -0.25) is 0 Å². The highest BCUT2D eigenvalue weighted by Gasteiger charge is 2.06. The molecule has 3 nitrogen and oxygen atoms in total. The highest BCUT2D eigenvalue weighted by molar-refractivity contribution is 9.11. The van der Waals surface area contributed by atoms with Gasteiger partial charge >= 0.3 is 0 Å². The van der Waals surface area contributed by atoms with Gasteiger partial charge in [-0.2, -0.15) is 0 Å². The average Bonchev–Trinajstić information content (AvgIpc) is 2.87. The van der Waals surface area contributed by atoms with Gasteiger partial charge in [-0.05, 0) is 39.7 Å². The fourth-order valence-corrected chi connectivity index (χ4v) is 3.43. The molecule has 0 saturated carbocycles. The maximum Gasteiger partial charge on any atom is 0.0897 e. The standard InChI is InChI=1S/C15H17BrClNO2S/c16-15-6-5-13(21-15)8-18-7-12(19)10-20-9-11-3-1-2-4-14(11)17/h1-6,12,18-19H,7-10H2. The Bertz CT molecular complexity index is 564. The largest absolute Gasteiger partial charge is 0.389 e. The molecule has 1 aromatic heterocycles. The number of aliphatic hydroxyl groups is 1. The summed E-state index contributed by atoms with van der Waals surface area (Å²) in [6.45, 7) is 1.94. The Morgan fingerprint density at radius 2 is 2.10 bits per heavy atom. The molecule has 2 rings (SSSR count). The SMILES string of the molecule is OC(CNCc1ccc(Br)s1)COCc1ccccc1Cl. The van der Waals surface area contributed by atoms with Crippen molar-refractivity contribution in [2.45, 2.75) is 19.3 Å². The molecule has 1 atom stereocenters. The van der Waals surface area contributed by atoms with E-state index in [1.54, 1.807) is 11.3 Å². The van der Waals surface area contributed by atoms with E-state index in [-0.39, 0.29) is 6.61 Å². The summed E-state index contributed by atoms with van der Waals surface area (Å²) in [6.07, 6.45) is -0.532. The van der Waals surface area contributed by atoms with E-state index in [0.29, 0.717) is 18.2 Å². The lowest BCUT2D eigenvalue weighted by Crippen LogP contribution is -2.29. The Morgan fingerprint density at radius 1 is 1.29 bits per heavy atom. The van der Waals surface area contributed by atoms with Crippen LogP contribution in [-0.2, 0) is 17.9 Å². The maximum absolute atomic E-state index is 9.85. The van der Waals surface area contributed by atoms with Gasteiger partial charge in [-0.25, -0.2) is 0 Å². The number of thiophene rings is 1. The highest BCUT2D eigenvalue weighted by Crippen LogP contribution is 2.21. The molecule has 1 unspecified atom stereocenters. The lowest BCUT2D eigenvalue weighted by Gasteiger charge is -2.12. The first-order valence-corrected chi connectivity index (χ1v) is 8.58. The minimum Gasteiger partial charge on any atom is -0.389 e. The zero-order valence-electron chi connectivity index (χ0n) is 11.4. The van der Waals surface area contributed by atoms with Gasteiger partial charge in [0.2, 0.25) is 0 Å². The van der Waals surface area contributed by atoms with Crippen LogP contribution in [0.5, 0.6) is 0 Å². The lowest BCUT2D eigenvalue weighted by atomic mass is 10.2. The number of hydrogen-bond donors (Lipinski definition) is 2. The van der Waals surface area contributed by atoms with Crippen molar-refractivity contribution in [2.24, 2.45) is 0 Å². The number of aliphatic hydroxyl groups excluding tert-OH is 1. The van der Waals surface area contributed by atoms with Crippen LogP contribution < -0.4 is 5.32 Å². The van der Waals surface area contributed by atoms with Crippen molar-refractivity contribution in [1.29, 1.82) is 0 Å². The Labute approximate surface area is 142 Å². The van der Waals surface area contributed by atoms with Crippen molar-refractivity contribution in [2.75, 3.05) is 13.2 Å². The normalized spacial score (nSPS) is 12.5. The predicted octanol–water partition coefficient (Wildman–Crippen LogP) is 3.83. The molecule has 21 heavy (non-hydrogen) atoms. The van der Waals surface area contributed by atoms with Crippen molar-refractivity contribution >= 4 is 38.9 Å². The van der Waals surface area contributed by atoms with Gasteiger partial charge in [0.1, 0.15) is 0 Å². The summed E-state index contributed by atoms with van der Waals surface area (Å²) in [7, 11) is 0. The van der Waals surface area contributed by atoms with Crippen LogP contribution in [0.3, 0.4) is 0 Å². The van der Waals surface area contributed by atoms with E-state index in [4.69, 9.17) is 16.3 Å². The number of halogens is 2. The van der Waals surface area contributed by atoms with E-state index >= 15 is 0 Å². The lowest BCUT2D eigenvalue weighted by molar-refractivity contribution is 0.0288. The molecular formula is C15H17BrClNO2S. The van der Waals surface area contributed by atoms with Gasteiger partial charge in [-0.1, -0.05) is 29.8 Å². The summed E-state index contributed by atoms with van der Waals surface area (Å²) in [5.41, 5.74) is 0.933. The maximum atomic E-state index is 9.85. The van der Waals surface area contributed by atoms with Crippen molar-refractivity contribution in [3.05, 3.63) is 55.6 Å². The molecule has 0 spiro atoms. The predicted molar refractivity (Wildman–Crippen MR) is 90.8 cm³/mol. The number of nitrogens with one attached hydrogen (secondary N) is 1. The van der Waals surface area contributed by atoms with Gasteiger partial charge in [-0.15, -0.1) is 11.3 Å². The molecule has 2 aromatic rings. The smallest absolute Gasteiger partial charge is 0.0897 e. The molecule has 0 fully saturated rings. The summed E-state index contributed by atoms with van der Waals surface area (Å²) < 4.78 is 6.60. The van der Waals surface area contributed by atoms with Crippen LogP contribution >= 0.6 is 38.9 Å². The van der Waals surface area contributed by atoms with Crippen LogP contribution in [0, 0.1) is 0 Å². The number of rotatable bonds is 8. The molecule has 1 aromatic carbocycles. The van der Waals surface area contributed by atoms with Crippen LogP contribution in [-0.4, -0.2) is 24.4 Å². The number of ether oxygens (including phenoxy) is 1. The molecule has 114 valence electrons. The molecule has 2 N–H and O–H groups in total. The van der Waals surface area contributed by atoms with E-state index in [9.17, 15) is 5.11 Å². The monoisotopic (exact) mass is 389 g/mol. The fourth-order valence-electron chi connectivity index (χ4n) is 1.79. The van der Waals surface area contributed by atoms with E-state index in [1.165, 1.54) is 4.88 Å². The molecule has 0 aliphatic heterocycles. The molecule has 6 heteroatoms. The second-order valence-corrected chi connectivity index (χ2v) is 7.55. The first-order chi connectivity index (χ1) is 10.1. The Balaban J connectivity index is 1.61. The van der Waals surface area contributed by atoms with Crippen LogP contribution in [0.1, 0.15) is 10.4 Å². The third-order valence-electron chi connectivity index (χ3n) is 2.83. The molecule has 0 aliphatic carbocycles. The molecule has 1 heterocycles. The van der Waals surface area contributed by atoms with E-state index < -0.39 is 6.10 Å². The minimum atomic E-state index is -0.532. The zero-order valence-corrected chi connectivity index (χ0v) is 14.5. The first-order valence-electron chi connectivity index (χ1n) is 6.59. The molecule has 0 saturated heterocycles. The van der Waals surface area contributed by atoms with Crippen molar-refractivity contribution in [3.8, 4) is 0 Å². The minimum absolute atomic E-state index is 0.284. The van der Waals surface area contributed by atoms with Crippen molar-refractivity contribution < 1.29 is 9.84 Å². The molecule has 0 aliphatic rings. The summed E-state index contributed by atoms with van der Waals surface area (Å²) >= 11 is 11.1. The highest BCUT2D eigenvalue weighted by atomic mass is 79.9. The van der Waals surface area contributed by atoms with Crippen LogP contribution in [0.15, 0.2) is 40.2 Å². The van der Waals surface area contributed by atoms with Gasteiger partial charge < -0.3 is 15.2 Å². The van der Waals surface area contributed by atoms with Gasteiger partial charge in [0.15, 0.2) is 0 Å². The molecule has 0 amide bonds. The second kappa shape index (κ2) is 8.88. The topological polar surface area (TPSA) is 41.5 Å². The Hall–Kier alpha value is -0.430. The molecular weight excluding hydrogens is 374 g/mol. The average molecular weight is 391 g/mol. The van der Waals surface area contributed by atoms with E-state index in [1.807, 2.05) is 30.3 Å².